The number of amides is 2. The summed E-state index contributed by atoms with van der Waals surface area (Å²) in [5, 5.41) is 2.32. The Morgan fingerprint density at radius 1 is 1.35 bits per heavy atom. The molecule has 1 aromatic rings. The van der Waals surface area contributed by atoms with Crippen LogP contribution >= 0.6 is 22.9 Å². The molecule has 0 bridgehead atoms. The zero-order valence-electron chi connectivity index (χ0n) is 11.2. The number of carbonyl (C=O) groups is 2. The van der Waals surface area contributed by atoms with Crippen LogP contribution in [-0.4, -0.2) is 47.8 Å². The van der Waals surface area contributed by atoms with Gasteiger partial charge < -0.3 is 9.80 Å². The smallest absolute Gasteiger partial charge is 0.265 e. The molecular formula is C14H17ClN2O2S. The van der Waals surface area contributed by atoms with Gasteiger partial charge in [-0.15, -0.1) is 11.3 Å². The van der Waals surface area contributed by atoms with Gasteiger partial charge in [-0.2, -0.15) is 0 Å². The second-order valence-electron chi connectivity index (χ2n) is 5.42. The van der Waals surface area contributed by atoms with E-state index in [0.29, 0.717) is 41.9 Å². The summed E-state index contributed by atoms with van der Waals surface area (Å²) in [5.74, 6) is 0.809. The molecule has 1 aliphatic carbocycles. The predicted octanol–water partition coefficient (Wildman–Crippen LogP) is 2.49. The van der Waals surface area contributed by atoms with Crippen LogP contribution in [0.2, 0.25) is 5.02 Å². The van der Waals surface area contributed by atoms with E-state index < -0.39 is 0 Å². The van der Waals surface area contributed by atoms with Crippen molar-refractivity contribution in [3.05, 3.63) is 21.3 Å². The molecule has 0 atom stereocenters. The maximum absolute atomic E-state index is 12.4. The first-order valence-electron chi connectivity index (χ1n) is 6.95. The number of nitrogens with zero attached hydrogens (tertiary/aromatic N) is 2. The summed E-state index contributed by atoms with van der Waals surface area (Å²) in [5.41, 5.74) is 0. The second kappa shape index (κ2) is 5.74. The van der Waals surface area contributed by atoms with E-state index in [1.165, 1.54) is 24.2 Å². The van der Waals surface area contributed by atoms with Gasteiger partial charge in [-0.25, -0.2) is 0 Å². The Balaban J connectivity index is 1.65. The maximum atomic E-state index is 12.4. The van der Waals surface area contributed by atoms with Crippen molar-refractivity contribution in [3.8, 4) is 0 Å². The van der Waals surface area contributed by atoms with E-state index in [2.05, 4.69) is 0 Å². The molecule has 0 N–H and O–H groups in total. The fourth-order valence-corrected chi connectivity index (χ4v) is 3.57. The molecule has 6 heteroatoms. The molecule has 0 radical (unpaired) electrons. The molecular weight excluding hydrogens is 296 g/mol. The molecule has 2 aliphatic rings. The summed E-state index contributed by atoms with van der Waals surface area (Å²) in [6.45, 7) is 2.60. The summed E-state index contributed by atoms with van der Waals surface area (Å²) in [6, 6.07) is 1.74. The average molecular weight is 313 g/mol. The highest BCUT2D eigenvalue weighted by Crippen LogP contribution is 2.30. The highest BCUT2D eigenvalue weighted by atomic mass is 35.5. The van der Waals surface area contributed by atoms with Gasteiger partial charge in [0.25, 0.3) is 5.91 Å². The van der Waals surface area contributed by atoms with Crippen molar-refractivity contribution in [3.63, 3.8) is 0 Å². The van der Waals surface area contributed by atoms with Gasteiger partial charge >= 0.3 is 0 Å². The Labute approximate surface area is 127 Å². The molecule has 2 amide bonds. The lowest BCUT2D eigenvalue weighted by atomic mass is 10.3. The van der Waals surface area contributed by atoms with Crippen LogP contribution in [0.25, 0.3) is 0 Å². The van der Waals surface area contributed by atoms with Crippen molar-refractivity contribution < 1.29 is 9.59 Å². The minimum atomic E-state index is -0.0499. The van der Waals surface area contributed by atoms with Crippen molar-refractivity contribution in [1.29, 1.82) is 0 Å². The Morgan fingerprint density at radius 3 is 2.80 bits per heavy atom. The largest absolute Gasteiger partial charge is 0.341 e. The first-order valence-corrected chi connectivity index (χ1v) is 8.21. The molecule has 3 rings (SSSR count). The molecule has 1 saturated heterocycles. The van der Waals surface area contributed by atoms with Gasteiger partial charge in [-0.1, -0.05) is 11.6 Å². The van der Waals surface area contributed by atoms with E-state index in [-0.39, 0.29) is 11.8 Å². The first kappa shape index (κ1) is 13.9. The lowest BCUT2D eigenvalue weighted by molar-refractivity contribution is -0.130. The van der Waals surface area contributed by atoms with Gasteiger partial charge in [0.1, 0.15) is 4.88 Å². The predicted molar refractivity (Wildman–Crippen MR) is 79.2 cm³/mol. The van der Waals surface area contributed by atoms with Crippen molar-refractivity contribution in [2.45, 2.75) is 19.3 Å². The van der Waals surface area contributed by atoms with Crippen molar-refractivity contribution in [2.75, 3.05) is 26.2 Å². The number of hydrogen-bond acceptors (Lipinski definition) is 3. The second-order valence-corrected chi connectivity index (χ2v) is 6.75. The van der Waals surface area contributed by atoms with Gasteiger partial charge in [0.05, 0.1) is 5.02 Å². The number of carbonyl (C=O) groups excluding carboxylic acids is 2. The van der Waals surface area contributed by atoms with Gasteiger partial charge in [0.2, 0.25) is 5.91 Å². The summed E-state index contributed by atoms with van der Waals surface area (Å²) < 4.78 is 0. The number of hydrogen-bond donors (Lipinski definition) is 0. The highest BCUT2D eigenvalue weighted by molar-refractivity contribution is 7.12. The van der Waals surface area contributed by atoms with Gasteiger partial charge in [0.15, 0.2) is 0 Å². The van der Waals surface area contributed by atoms with E-state index >= 15 is 0 Å². The molecule has 2 heterocycles. The molecule has 20 heavy (non-hydrogen) atoms. The van der Waals surface area contributed by atoms with Crippen LogP contribution in [0.3, 0.4) is 0 Å². The zero-order chi connectivity index (χ0) is 14.1. The molecule has 108 valence electrons. The fraction of sp³-hybridized carbons (Fsp3) is 0.571. The van der Waals surface area contributed by atoms with Crippen LogP contribution in [0.15, 0.2) is 11.4 Å². The molecule has 0 unspecified atom stereocenters. The van der Waals surface area contributed by atoms with E-state index in [9.17, 15) is 9.59 Å². The van der Waals surface area contributed by atoms with E-state index in [0.717, 1.165) is 6.54 Å². The quantitative estimate of drug-likeness (QED) is 0.860. The van der Waals surface area contributed by atoms with Crippen LogP contribution in [0, 0.1) is 5.92 Å². The Kier molecular flexibility index (Phi) is 3.98. The molecule has 0 spiro atoms. The van der Waals surface area contributed by atoms with Gasteiger partial charge in [-0.3, -0.25) is 9.59 Å². The van der Waals surface area contributed by atoms with Crippen LogP contribution in [-0.2, 0) is 4.79 Å². The fourth-order valence-electron chi connectivity index (χ4n) is 2.46. The molecule has 4 nitrogen and oxygen atoms in total. The SMILES string of the molecule is O=C1CCN(C(=O)c2sccc2Cl)CCN1CC1CC1. The van der Waals surface area contributed by atoms with Crippen LogP contribution in [0.1, 0.15) is 28.9 Å². The summed E-state index contributed by atoms with van der Waals surface area (Å²) in [6.07, 6.45) is 2.88. The summed E-state index contributed by atoms with van der Waals surface area (Å²) in [4.78, 5) is 28.7. The third-order valence-corrected chi connectivity index (χ3v) is 5.19. The number of thiophene rings is 1. The third-order valence-electron chi connectivity index (χ3n) is 3.86. The zero-order valence-corrected chi connectivity index (χ0v) is 12.8. The summed E-state index contributed by atoms with van der Waals surface area (Å²) >= 11 is 7.37. The monoisotopic (exact) mass is 312 g/mol. The Morgan fingerprint density at radius 2 is 2.15 bits per heavy atom. The average Bonchev–Trinajstić information content (AvgIpc) is 3.18. The van der Waals surface area contributed by atoms with E-state index in [1.807, 2.05) is 10.3 Å². The Bertz CT molecular complexity index is 527. The molecule has 0 aromatic carbocycles. The third kappa shape index (κ3) is 2.99. The molecule has 1 aromatic heterocycles. The first-order chi connectivity index (χ1) is 9.65. The Hall–Kier alpha value is -1.07. The van der Waals surface area contributed by atoms with Crippen molar-refractivity contribution in [2.24, 2.45) is 5.92 Å². The lowest BCUT2D eigenvalue weighted by Gasteiger charge is -2.22. The maximum Gasteiger partial charge on any atom is 0.265 e. The van der Waals surface area contributed by atoms with Crippen molar-refractivity contribution >= 4 is 34.8 Å². The van der Waals surface area contributed by atoms with Crippen molar-refractivity contribution in [1.82, 2.24) is 9.80 Å². The van der Waals surface area contributed by atoms with E-state index in [1.54, 1.807) is 11.0 Å². The number of rotatable bonds is 3. The minimum absolute atomic E-state index is 0.0499. The molecule has 1 saturated carbocycles. The molecule has 1 aliphatic heterocycles. The highest BCUT2D eigenvalue weighted by Gasteiger charge is 2.30. The van der Waals surface area contributed by atoms with Gasteiger partial charge in [0, 0.05) is 32.6 Å². The lowest BCUT2D eigenvalue weighted by Crippen LogP contribution is -2.36. The van der Waals surface area contributed by atoms with Crippen LogP contribution < -0.4 is 0 Å². The minimum Gasteiger partial charge on any atom is -0.341 e. The van der Waals surface area contributed by atoms with Crippen LogP contribution in [0.5, 0.6) is 0 Å². The topological polar surface area (TPSA) is 40.6 Å². The van der Waals surface area contributed by atoms with Gasteiger partial charge in [-0.05, 0) is 30.2 Å². The van der Waals surface area contributed by atoms with Crippen LogP contribution in [0.4, 0.5) is 0 Å². The molecule has 2 fully saturated rings. The standard InChI is InChI=1S/C14H17ClN2O2S/c15-11-4-8-20-13(11)14(19)16-5-3-12(18)17(7-6-16)9-10-1-2-10/h4,8,10H,1-3,5-7,9H2. The number of halogens is 1. The normalized spacial score (nSPS) is 20.1. The van der Waals surface area contributed by atoms with E-state index in [4.69, 9.17) is 11.6 Å². The summed E-state index contributed by atoms with van der Waals surface area (Å²) in [7, 11) is 0.